The molecule has 14 heavy (non-hydrogen) atoms. The van der Waals surface area contributed by atoms with Crippen molar-refractivity contribution in [3.05, 3.63) is 17.5 Å². The van der Waals surface area contributed by atoms with Gasteiger partial charge in [-0.1, -0.05) is 20.8 Å². The molecule has 0 atom stereocenters. The summed E-state index contributed by atoms with van der Waals surface area (Å²) in [4.78, 5) is 0. The molecule has 2 rings (SSSR count). The highest BCUT2D eigenvalue weighted by Gasteiger charge is 2.20. The molecule has 0 bridgehead atoms. The lowest BCUT2D eigenvalue weighted by Gasteiger charge is -2.14. The van der Waals surface area contributed by atoms with Crippen LogP contribution < -0.4 is 0 Å². The molecule has 2 heterocycles. The zero-order chi connectivity index (χ0) is 10.2. The van der Waals surface area contributed by atoms with Crippen LogP contribution in [0.3, 0.4) is 0 Å². The number of ether oxygens (including phenoxy) is 1. The highest BCUT2D eigenvalue weighted by molar-refractivity contribution is 5.18. The molecule has 0 unspecified atom stereocenters. The highest BCUT2D eigenvalue weighted by atomic mass is 16.5. The normalized spacial score (nSPS) is 17.6. The zero-order valence-corrected chi connectivity index (χ0v) is 9.21. The van der Waals surface area contributed by atoms with E-state index in [4.69, 9.17) is 4.74 Å². The zero-order valence-electron chi connectivity index (χ0n) is 9.21. The van der Waals surface area contributed by atoms with Crippen LogP contribution in [0.15, 0.2) is 6.07 Å². The van der Waals surface area contributed by atoms with Gasteiger partial charge in [-0.3, -0.25) is 4.68 Å². The SMILES string of the molecule is CC(C)(C)c1cc2n(n1)CCOCC2. The topological polar surface area (TPSA) is 27.1 Å². The molecule has 1 aromatic rings. The predicted octanol–water partition coefficient (Wildman–Crippen LogP) is 1.75. The quantitative estimate of drug-likeness (QED) is 0.629. The van der Waals surface area contributed by atoms with Crippen LogP contribution in [-0.4, -0.2) is 23.0 Å². The van der Waals surface area contributed by atoms with Crippen molar-refractivity contribution in [3.8, 4) is 0 Å². The smallest absolute Gasteiger partial charge is 0.0680 e. The fourth-order valence-electron chi connectivity index (χ4n) is 1.65. The second-order valence-electron chi connectivity index (χ2n) is 4.86. The van der Waals surface area contributed by atoms with Gasteiger partial charge < -0.3 is 4.74 Å². The van der Waals surface area contributed by atoms with Gasteiger partial charge >= 0.3 is 0 Å². The third kappa shape index (κ3) is 1.82. The minimum Gasteiger partial charge on any atom is -0.379 e. The van der Waals surface area contributed by atoms with Crippen LogP contribution in [0, 0.1) is 0 Å². The van der Waals surface area contributed by atoms with Crippen LogP contribution in [0.5, 0.6) is 0 Å². The minimum atomic E-state index is 0.153. The summed E-state index contributed by atoms with van der Waals surface area (Å²) in [5, 5.41) is 4.62. The summed E-state index contributed by atoms with van der Waals surface area (Å²) < 4.78 is 7.49. The number of aromatic nitrogens is 2. The molecule has 1 aromatic heterocycles. The van der Waals surface area contributed by atoms with E-state index >= 15 is 0 Å². The molecule has 0 saturated heterocycles. The van der Waals surface area contributed by atoms with E-state index < -0.39 is 0 Å². The van der Waals surface area contributed by atoms with Crippen molar-refractivity contribution in [1.82, 2.24) is 9.78 Å². The molecule has 3 heteroatoms. The van der Waals surface area contributed by atoms with E-state index in [0.717, 1.165) is 26.2 Å². The molecule has 0 aromatic carbocycles. The van der Waals surface area contributed by atoms with Gasteiger partial charge in [0.05, 0.1) is 25.5 Å². The van der Waals surface area contributed by atoms with Gasteiger partial charge in [0.2, 0.25) is 0 Å². The predicted molar refractivity (Wildman–Crippen MR) is 55.5 cm³/mol. The number of nitrogens with zero attached hydrogens (tertiary/aromatic N) is 2. The summed E-state index contributed by atoms with van der Waals surface area (Å²) in [6, 6.07) is 2.22. The molecule has 1 aliphatic heterocycles. The molecular formula is C11H18N2O. The average Bonchev–Trinajstić information content (AvgIpc) is 2.38. The highest BCUT2D eigenvalue weighted by Crippen LogP contribution is 2.22. The van der Waals surface area contributed by atoms with Gasteiger partial charge in [-0.05, 0) is 6.07 Å². The van der Waals surface area contributed by atoms with Crippen molar-refractivity contribution in [2.24, 2.45) is 0 Å². The molecule has 1 aliphatic rings. The number of hydrogen-bond acceptors (Lipinski definition) is 2. The number of fused-ring (bicyclic) bond motifs is 1. The van der Waals surface area contributed by atoms with E-state index in [1.165, 1.54) is 11.4 Å². The van der Waals surface area contributed by atoms with Crippen molar-refractivity contribution in [1.29, 1.82) is 0 Å². The summed E-state index contributed by atoms with van der Waals surface area (Å²) in [5.41, 5.74) is 2.65. The van der Waals surface area contributed by atoms with Gasteiger partial charge in [0.1, 0.15) is 0 Å². The van der Waals surface area contributed by atoms with Crippen LogP contribution in [0.4, 0.5) is 0 Å². The summed E-state index contributed by atoms with van der Waals surface area (Å²) in [5.74, 6) is 0. The van der Waals surface area contributed by atoms with Gasteiger partial charge in [0.15, 0.2) is 0 Å². The summed E-state index contributed by atoms with van der Waals surface area (Å²) in [6.45, 7) is 9.11. The van der Waals surface area contributed by atoms with E-state index in [1.54, 1.807) is 0 Å². The third-order valence-electron chi connectivity index (χ3n) is 2.58. The Balaban J connectivity index is 2.31. The monoisotopic (exact) mass is 194 g/mol. The van der Waals surface area contributed by atoms with E-state index in [0.29, 0.717) is 0 Å². The van der Waals surface area contributed by atoms with Crippen LogP contribution in [-0.2, 0) is 23.1 Å². The van der Waals surface area contributed by atoms with Crippen molar-refractivity contribution in [3.63, 3.8) is 0 Å². The van der Waals surface area contributed by atoms with Crippen molar-refractivity contribution in [2.75, 3.05) is 13.2 Å². The summed E-state index contributed by atoms with van der Waals surface area (Å²) >= 11 is 0. The van der Waals surface area contributed by atoms with Gasteiger partial charge in [-0.15, -0.1) is 0 Å². The van der Waals surface area contributed by atoms with Crippen LogP contribution in [0.25, 0.3) is 0 Å². The fourth-order valence-corrected chi connectivity index (χ4v) is 1.65. The van der Waals surface area contributed by atoms with Crippen molar-refractivity contribution < 1.29 is 4.74 Å². The van der Waals surface area contributed by atoms with Crippen molar-refractivity contribution in [2.45, 2.75) is 39.2 Å². The first kappa shape index (κ1) is 9.71. The lowest BCUT2D eigenvalue weighted by Crippen LogP contribution is -2.13. The Kier molecular flexibility index (Phi) is 2.35. The Hall–Kier alpha value is -0.830. The van der Waals surface area contributed by atoms with E-state index in [-0.39, 0.29) is 5.41 Å². The molecular weight excluding hydrogens is 176 g/mol. The lowest BCUT2D eigenvalue weighted by atomic mass is 9.92. The first-order chi connectivity index (χ1) is 6.57. The summed E-state index contributed by atoms with van der Waals surface area (Å²) in [6.07, 6.45) is 0.989. The second-order valence-corrected chi connectivity index (χ2v) is 4.86. The Labute approximate surface area is 85.1 Å². The Bertz CT molecular complexity index is 299. The molecule has 0 saturated carbocycles. The molecule has 3 nitrogen and oxygen atoms in total. The van der Waals surface area contributed by atoms with Crippen molar-refractivity contribution >= 4 is 0 Å². The average molecular weight is 194 g/mol. The number of hydrogen-bond donors (Lipinski definition) is 0. The minimum absolute atomic E-state index is 0.153. The Morgan fingerprint density at radius 2 is 2.14 bits per heavy atom. The first-order valence-electron chi connectivity index (χ1n) is 5.22. The number of rotatable bonds is 0. The van der Waals surface area contributed by atoms with Gasteiger partial charge in [0, 0.05) is 17.5 Å². The standard InChI is InChI=1S/C11H18N2O/c1-11(2,3)10-8-9-4-6-14-7-5-13(9)12-10/h8H,4-7H2,1-3H3. The maximum absolute atomic E-state index is 5.40. The summed E-state index contributed by atoms with van der Waals surface area (Å²) in [7, 11) is 0. The maximum Gasteiger partial charge on any atom is 0.0680 e. The molecule has 0 spiro atoms. The largest absolute Gasteiger partial charge is 0.379 e. The maximum atomic E-state index is 5.40. The van der Waals surface area contributed by atoms with E-state index in [9.17, 15) is 0 Å². The fraction of sp³-hybridized carbons (Fsp3) is 0.727. The second kappa shape index (κ2) is 3.39. The molecule has 78 valence electrons. The van der Waals surface area contributed by atoms with Crippen LogP contribution >= 0.6 is 0 Å². The van der Waals surface area contributed by atoms with Gasteiger partial charge in [0.25, 0.3) is 0 Å². The van der Waals surface area contributed by atoms with Crippen LogP contribution in [0.2, 0.25) is 0 Å². The Morgan fingerprint density at radius 1 is 1.36 bits per heavy atom. The molecule has 0 fully saturated rings. The third-order valence-corrected chi connectivity index (χ3v) is 2.58. The molecule has 0 N–H and O–H groups in total. The van der Waals surface area contributed by atoms with E-state index in [1.807, 2.05) is 0 Å². The Morgan fingerprint density at radius 3 is 2.86 bits per heavy atom. The molecule has 0 radical (unpaired) electrons. The molecule has 0 amide bonds. The van der Waals surface area contributed by atoms with Gasteiger partial charge in [-0.25, -0.2) is 0 Å². The molecule has 0 aliphatic carbocycles. The van der Waals surface area contributed by atoms with Gasteiger partial charge in [-0.2, -0.15) is 5.10 Å². The van der Waals surface area contributed by atoms with Crippen LogP contribution in [0.1, 0.15) is 32.2 Å². The first-order valence-corrected chi connectivity index (χ1v) is 5.22. The van der Waals surface area contributed by atoms with E-state index in [2.05, 4.69) is 36.6 Å². The lowest BCUT2D eigenvalue weighted by molar-refractivity contribution is 0.138.